The molecule has 7 heteroatoms. The Morgan fingerprint density at radius 2 is 2.22 bits per heavy atom. The number of nitrogens with zero attached hydrogens (tertiary/aromatic N) is 2. The Morgan fingerprint density at radius 1 is 1.44 bits per heavy atom. The summed E-state index contributed by atoms with van der Waals surface area (Å²) in [6.07, 6.45) is 3.79. The molecule has 0 aliphatic rings. The van der Waals surface area contributed by atoms with Crippen LogP contribution in [0, 0.1) is 5.82 Å². The van der Waals surface area contributed by atoms with Gasteiger partial charge in [-0.2, -0.15) is 0 Å². The highest BCUT2D eigenvalue weighted by atomic mass is 79.9. The highest BCUT2D eigenvalue weighted by Crippen LogP contribution is 2.23. The predicted molar refractivity (Wildman–Crippen MR) is 69.1 cm³/mol. The first-order valence-electron chi connectivity index (χ1n) is 4.80. The number of hydrogen-bond acceptors (Lipinski definition) is 3. The van der Waals surface area contributed by atoms with Gasteiger partial charge in [0.15, 0.2) is 11.0 Å². The van der Waals surface area contributed by atoms with Gasteiger partial charge in [0.25, 0.3) is 5.91 Å². The fourth-order valence-corrected chi connectivity index (χ4v) is 1.74. The number of hydrogen-bond donors (Lipinski definition) is 1. The molecule has 4 nitrogen and oxygen atoms in total. The smallest absolute Gasteiger partial charge is 0.258 e. The zero-order valence-corrected chi connectivity index (χ0v) is 11.2. The number of nitrogens with one attached hydrogen (secondary N) is 1. The van der Waals surface area contributed by atoms with Crippen LogP contribution in [0.25, 0.3) is 0 Å². The van der Waals surface area contributed by atoms with E-state index < -0.39 is 11.7 Å². The lowest BCUT2D eigenvalue weighted by Gasteiger charge is -2.07. The molecule has 0 atom stereocenters. The SMILES string of the molecule is O=C(Nc1cc(Br)cnc1Cl)c1ccncc1F. The fourth-order valence-electron chi connectivity index (χ4n) is 1.26. The fraction of sp³-hybridized carbons (Fsp3) is 0. The first-order valence-corrected chi connectivity index (χ1v) is 5.97. The van der Waals surface area contributed by atoms with Crippen molar-refractivity contribution in [1.29, 1.82) is 0 Å². The van der Waals surface area contributed by atoms with Crippen LogP contribution in [0.5, 0.6) is 0 Å². The Bertz CT molecular complexity index is 609. The molecule has 2 aromatic rings. The molecule has 2 heterocycles. The molecule has 0 unspecified atom stereocenters. The van der Waals surface area contributed by atoms with E-state index in [9.17, 15) is 9.18 Å². The van der Waals surface area contributed by atoms with Crippen molar-refractivity contribution in [3.8, 4) is 0 Å². The maximum Gasteiger partial charge on any atom is 0.258 e. The third kappa shape index (κ3) is 2.83. The van der Waals surface area contributed by atoms with E-state index in [0.29, 0.717) is 10.2 Å². The average molecular weight is 331 g/mol. The van der Waals surface area contributed by atoms with Crippen molar-refractivity contribution in [1.82, 2.24) is 9.97 Å². The van der Waals surface area contributed by atoms with Crippen molar-refractivity contribution >= 4 is 39.1 Å². The molecule has 0 aliphatic carbocycles. The summed E-state index contributed by atoms with van der Waals surface area (Å²) < 4.78 is 14.0. The molecule has 2 aromatic heterocycles. The van der Waals surface area contributed by atoms with Crippen LogP contribution in [0.1, 0.15) is 10.4 Å². The lowest BCUT2D eigenvalue weighted by atomic mass is 10.2. The summed E-state index contributed by atoms with van der Waals surface area (Å²) in [4.78, 5) is 19.2. The number of anilines is 1. The Hall–Kier alpha value is -1.53. The molecule has 0 saturated heterocycles. The summed E-state index contributed by atoms with van der Waals surface area (Å²) in [5.74, 6) is -1.31. The van der Waals surface area contributed by atoms with E-state index in [1.165, 1.54) is 18.5 Å². The number of halogens is 3. The van der Waals surface area contributed by atoms with Crippen molar-refractivity contribution in [2.45, 2.75) is 0 Å². The zero-order valence-electron chi connectivity index (χ0n) is 8.82. The van der Waals surface area contributed by atoms with Crippen molar-refractivity contribution in [2.24, 2.45) is 0 Å². The summed E-state index contributed by atoms with van der Waals surface area (Å²) in [5, 5.41) is 2.60. The van der Waals surface area contributed by atoms with Crippen LogP contribution < -0.4 is 5.32 Å². The standard InChI is InChI=1S/C11H6BrClFN3O/c12-6-3-9(10(13)16-4-6)17-11(18)7-1-2-15-5-8(7)14/h1-5H,(H,17,18). The van der Waals surface area contributed by atoms with Crippen LogP contribution in [-0.4, -0.2) is 15.9 Å². The maximum atomic E-state index is 13.3. The maximum absolute atomic E-state index is 13.3. The predicted octanol–water partition coefficient (Wildman–Crippen LogP) is 3.28. The minimum Gasteiger partial charge on any atom is -0.319 e. The van der Waals surface area contributed by atoms with Crippen molar-refractivity contribution in [3.05, 3.63) is 51.7 Å². The van der Waals surface area contributed by atoms with Crippen LogP contribution >= 0.6 is 27.5 Å². The Balaban J connectivity index is 2.27. The van der Waals surface area contributed by atoms with E-state index in [2.05, 4.69) is 31.2 Å². The molecule has 0 bridgehead atoms. The molecular formula is C11H6BrClFN3O. The number of pyridine rings is 2. The van der Waals surface area contributed by atoms with Gasteiger partial charge in [-0.05, 0) is 28.1 Å². The minimum absolute atomic E-state index is 0.110. The summed E-state index contributed by atoms with van der Waals surface area (Å²) >= 11 is 9.02. The first kappa shape index (κ1) is 12.9. The molecule has 1 amide bonds. The van der Waals surface area contributed by atoms with Crippen molar-refractivity contribution in [2.75, 3.05) is 5.32 Å². The lowest BCUT2D eigenvalue weighted by Crippen LogP contribution is -2.14. The number of amides is 1. The van der Waals surface area contributed by atoms with Gasteiger partial charge in [0, 0.05) is 16.9 Å². The Labute approximate surface area is 115 Å². The summed E-state index contributed by atoms with van der Waals surface area (Å²) in [6, 6.07) is 2.86. The topological polar surface area (TPSA) is 54.9 Å². The minimum atomic E-state index is -0.700. The first-order chi connectivity index (χ1) is 8.58. The van der Waals surface area contributed by atoms with E-state index in [-0.39, 0.29) is 10.7 Å². The monoisotopic (exact) mass is 329 g/mol. The normalized spacial score (nSPS) is 10.2. The van der Waals surface area contributed by atoms with Crippen molar-refractivity contribution < 1.29 is 9.18 Å². The molecule has 0 radical (unpaired) electrons. The molecule has 0 saturated carbocycles. The van der Waals surface area contributed by atoms with Crippen LogP contribution in [-0.2, 0) is 0 Å². The number of carbonyl (C=O) groups is 1. The second-order valence-corrected chi connectivity index (χ2v) is 4.58. The number of aromatic nitrogens is 2. The van der Waals surface area contributed by atoms with E-state index >= 15 is 0 Å². The van der Waals surface area contributed by atoms with Crippen LogP contribution in [0.2, 0.25) is 5.15 Å². The highest BCUT2D eigenvalue weighted by molar-refractivity contribution is 9.10. The van der Waals surface area contributed by atoms with E-state index in [1.54, 1.807) is 6.07 Å². The molecule has 92 valence electrons. The molecule has 0 aromatic carbocycles. The number of rotatable bonds is 2. The average Bonchev–Trinajstić information content (AvgIpc) is 2.34. The highest BCUT2D eigenvalue weighted by Gasteiger charge is 2.13. The van der Waals surface area contributed by atoms with Gasteiger partial charge >= 0.3 is 0 Å². The summed E-state index contributed by atoms with van der Waals surface area (Å²) in [7, 11) is 0. The third-order valence-electron chi connectivity index (χ3n) is 2.07. The largest absolute Gasteiger partial charge is 0.319 e. The van der Waals surface area contributed by atoms with Crippen LogP contribution in [0.3, 0.4) is 0 Å². The summed E-state index contributed by atoms with van der Waals surface area (Å²) in [5.41, 5.74) is 0.188. The third-order valence-corrected chi connectivity index (χ3v) is 2.81. The van der Waals surface area contributed by atoms with Gasteiger partial charge in [0.2, 0.25) is 0 Å². The Morgan fingerprint density at radius 3 is 2.94 bits per heavy atom. The Kier molecular flexibility index (Phi) is 3.88. The molecule has 0 aliphatic heterocycles. The van der Waals surface area contributed by atoms with Crippen molar-refractivity contribution in [3.63, 3.8) is 0 Å². The zero-order chi connectivity index (χ0) is 13.1. The van der Waals surface area contributed by atoms with Gasteiger partial charge in [-0.15, -0.1) is 0 Å². The van der Waals surface area contributed by atoms with Gasteiger partial charge in [0.05, 0.1) is 17.4 Å². The summed E-state index contributed by atoms with van der Waals surface area (Å²) in [6.45, 7) is 0. The lowest BCUT2D eigenvalue weighted by molar-refractivity contribution is 0.102. The molecule has 0 spiro atoms. The number of carbonyl (C=O) groups excluding carboxylic acids is 1. The van der Waals surface area contributed by atoms with E-state index in [0.717, 1.165) is 6.20 Å². The van der Waals surface area contributed by atoms with E-state index in [4.69, 9.17) is 11.6 Å². The van der Waals surface area contributed by atoms with Gasteiger partial charge in [-0.1, -0.05) is 11.6 Å². The molecule has 2 rings (SSSR count). The van der Waals surface area contributed by atoms with Gasteiger partial charge in [-0.25, -0.2) is 9.37 Å². The molecule has 18 heavy (non-hydrogen) atoms. The molecule has 0 fully saturated rings. The second kappa shape index (κ2) is 5.41. The van der Waals surface area contributed by atoms with Gasteiger partial charge < -0.3 is 5.32 Å². The van der Waals surface area contributed by atoms with Crippen LogP contribution in [0.15, 0.2) is 35.2 Å². The van der Waals surface area contributed by atoms with Gasteiger partial charge in [0.1, 0.15) is 0 Å². The van der Waals surface area contributed by atoms with Crippen LogP contribution in [0.4, 0.5) is 10.1 Å². The molecule has 1 N–H and O–H groups in total. The molecular weight excluding hydrogens is 324 g/mol. The van der Waals surface area contributed by atoms with Gasteiger partial charge in [-0.3, -0.25) is 9.78 Å². The quantitative estimate of drug-likeness (QED) is 0.860. The van der Waals surface area contributed by atoms with E-state index in [1.807, 2.05) is 0 Å². The second-order valence-electron chi connectivity index (χ2n) is 3.30.